The first-order chi connectivity index (χ1) is 11.8. The molecule has 0 saturated carbocycles. The molecule has 4 N–H and O–H groups in total. The Hall–Kier alpha value is -3.09. The van der Waals surface area contributed by atoms with E-state index >= 15 is 0 Å². The first-order valence-corrected chi connectivity index (χ1v) is 7.53. The van der Waals surface area contributed by atoms with E-state index < -0.39 is 17.6 Å². The monoisotopic (exact) mass is 345 g/mol. The number of carbonyl (C=O) groups excluding carboxylic acids is 1. The van der Waals surface area contributed by atoms with Crippen molar-refractivity contribution in [1.82, 2.24) is 0 Å². The summed E-state index contributed by atoms with van der Waals surface area (Å²) < 4.78 is 34.2. The number of ether oxygens (including phenoxy) is 1. The maximum atomic E-state index is 14.3. The van der Waals surface area contributed by atoms with Crippen LogP contribution >= 0.6 is 0 Å². The first kappa shape index (κ1) is 16.8. The Kier molecular flexibility index (Phi) is 4.08. The van der Waals surface area contributed by atoms with Crippen LogP contribution in [0, 0.1) is 11.6 Å². The zero-order valence-corrected chi connectivity index (χ0v) is 13.7. The molecule has 7 heteroatoms. The van der Waals surface area contributed by atoms with Crippen molar-refractivity contribution in [2.24, 2.45) is 0 Å². The van der Waals surface area contributed by atoms with Gasteiger partial charge < -0.3 is 25.9 Å². The molecule has 0 radical (unpaired) electrons. The van der Waals surface area contributed by atoms with Crippen molar-refractivity contribution in [1.29, 1.82) is 0 Å². The summed E-state index contributed by atoms with van der Waals surface area (Å²) in [7, 11) is 3.08. The van der Waals surface area contributed by atoms with Gasteiger partial charge in [-0.05, 0) is 24.3 Å². The number of hydrogen-bond acceptors (Lipinski definition) is 5. The SMILES string of the molecule is CN(C)c1c(F)cc(C2=CC(C=O)c3ccc(N)c(N)c3O2)cc1F. The Bertz CT molecular complexity index is 871. The number of hydrogen-bond donors (Lipinski definition) is 2. The molecular weight excluding hydrogens is 328 g/mol. The fraction of sp³-hybridized carbons (Fsp3) is 0.167. The van der Waals surface area contributed by atoms with Crippen LogP contribution in [0.3, 0.4) is 0 Å². The van der Waals surface area contributed by atoms with Gasteiger partial charge in [0.2, 0.25) is 0 Å². The van der Waals surface area contributed by atoms with Gasteiger partial charge in [-0.2, -0.15) is 0 Å². The van der Waals surface area contributed by atoms with Crippen LogP contribution in [0.25, 0.3) is 5.76 Å². The lowest BCUT2D eigenvalue weighted by Gasteiger charge is -2.24. The summed E-state index contributed by atoms with van der Waals surface area (Å²) in [6.45, 7) is 0. The van der Waals surface area contributed by atoms with E-state index in [4.69, 9.17) is 16.2 Å². The second kappa shape index (κ2) is 6.08. The van der Waals surface area contributed by atoms with Crippen LogP contribution in [0.1, 0.15) is 17.0 Å². The normalized spacial score (nSPS) is 15.8. The number of allylic oxidation sites excluding steroid dienone is 1. The Morgan fingerprint density at radius 1 is 1.16 bits per heavy atom. The molecule has 1 aliphatic heterocycles. The van der Waals surface area contributed by atoms with E-state index in [1.54, 1.807) is 26.2 Å². The van der Waals surface area contributed by atoms with Crippen molar-refractivity contribution < 1.29 is 18.3 Å². The molecule has 1 unspecified atom stereocenters. The van der Waals surface area contributed by atoms with Gasteiger partial charge in [0.25, 0.3) is 0 Å². The van der Waals surface area contributed by atoms with Gasteiger partial charge in [-0.15, -0.1) is 0 Å². The van der Waals surface area contributed by atoms with Crippen LogP contribution in [-0.2, 0) is 4.79 Å². The molecule has 130 valence electrons. The maximum absolute atomic E-state index is 14.3. The summed E-state index contributed by atoms with van der Waals surface area (Å²) >= 11 is 0. The van der Waals surface area contributed by atoms with Crippen LogP contribution in [-0.4, -0.2) is 20.4 Å². The highest BCUT2D eigenvalue weighted by atomic mass is 19.1. The lowest BCUT2D eigenvalue weighted by Crippen LogP contribution is -2.15. The molecule has 5 nitrogen and oxygen atoms in total. The van der Waals surface area contributed by atoms with Crippen molar-refractivity contribution >= 4 is 29.1 Å². The number of nitrogen functional groups attached to an aromatic ring is 2. The highest BCUT2D eigenvalue weighted by Crippen LogP contribution is 2.43. The van der Waals surface area contributed by atoms with Crippen molar-refractivity contribution in [3.8, 4) is 5.75 Å². The number of fused-ring (bicyclic) bond motifs is 1. The lowest BCUT2D eigenvalue weighted by molar-refractivity contribution is -0.108. The van der Waals surface area contributed by atoms with Crippen LogP contribution in [0.5, 0.6) is 5.75 Å². The van der Waals surface area contributed by atoms with E-state index in [9.17, 15) is 13.6 Å². The van der Waals surface area contributed by atoms with E-state index in [0.29, 0.717) is 17.5 Å². The summed E-state index contributed by atoms with van der Waals surface area (Å²) in [5.41, 5.74) is 12.8. The highest BCUT2D eigenvalue weighted by Gasteiger charge is 2.26. The standard InChI is InChI=1S/C18H17F2N3O2/c1-23(2)17-12(19)5-9(6-13(17)20)15-7-10(8-24)11-3-4-14(21)16(22)18(11)25-15/h3-8,10H,21-22H2,1-2H3. The summed E-state index contributed by atoms with van der Waals surface area (Å²) in [5, 5.41) is 0. The molecule has 0 saturated heterocycles. The topological polar surface area (TPSA) is 81.6 Å². The highest BCUT2D eigenvalue weighted by molar-refractivity contribution is 5.84. The predicted octanol–water partition coefficient (Wildman–Crippen LogP) is 2.91. The summed E-state index contributed by atoms with van der Waals surface area (Å²) in [6, 6.07) is 5.53. The fourth-order valence-electron chi connectivity index (χ4n) is 2.81. The Morgan fingerprint density at radius 3 is 2.36 bits per heavy atom. The van der Waals surface area contributed by atoms with Crippen LogP contribution in [0.2, 0.25) is 0 Å². The van der Waals surface area contributed by atoms with Gasteiger partial charge in [-0.3, -0.25) is 0 Å². The molecule has 0 amide bonds. The maximum Gasteiger partial charge on any atom is 0.156 e. The number of aldehydes is 1. The van der Waals surface area contributed by atoms with Crippen molar-refractivity contribution in [2.45, 2.75) is 5.92 Å². The molecule has 0 aromatic heterocycles. The van der Waals surface area contributed by atoms with Crippen LogP contribution < -0.4 is 21.1 Å². The third-order valence-corrected chi connectivity index (χ3v) is 4.06. The number of carbonyl (C=O) groups is 1. The zero-order valence-electron chi connectivity index (χ0n) is 13.7. The molecule has 3 rings (SSSR count). The van der Waals surface area contributed by atoms with Crippen molar-refractivity contribution in [3.63, 3.8) is 0 Å². The first-order valence-electron chi connectivity index (χ1n) is 7.53. The molecule has 2 aromatic rings. The molecule has 2 aromatic carbocycles. The second-order valence-corrected chi connectivity index (χ2v) is 5.96. The minimum absolute atomic E-state index is 0.144. The average Bonchev–Trinajstić information content (AvgIpc) is 2.56. The molecule has 1 heterocycles. The molecular formula is C18H17F2N3O2. The smallest absolute Gasteiger partial charge is 0.156 e. The molecule has 1 atom stereocenters. The third kappa shape index (κ3) is 2.77. The number of nitrogens with two attached hydrogens (primary N) is 2. The number of halogens is 2. The second-order valence-electron chi connectivity index (χ2n) is 5.96. The number of rotatable bonds is 3. The van der Waals surface area contributed by atoms with E-state index in [1.165, 1.54) is 11.0 Å². The molecule has 25 heavy (non-hydrogen) atoms. The van der Waals surface area contributed by atoms with E-state index in [2.05, 4.69) is 0 Å². The summed E-state index contributed by atoms with van der Waals surface area (Å²) in [5.74, 6) is -1.75. The fourth-order valence-corrected chi connectivity index (χ4v) is 2.81. The van der Waals surface area contributed by atoms with Gasteiger partial charge in [0.15, 0.2) is 5.75 Å². The Morgan fingerprint density at radius 2 is 1.80 bits per heavy atom. The van der Waals surface area contributed by atoms with Crippen molar-refractivity contribution in [3.05, 3.63) is 53.1 Å². The molecule has 0 aliphatic carbocycles. The van der Waals surface area contributed by atoms with Gasteiger partial charge in [0, 0.05) is 25.2 Å². The van der Waals surface area contributed by atoms with Gasteiger partial charge in [0.1, 0.15) is 29.4 Å². The van der Waals surface area contributed by atoms with Crippen LogP contribution in [0.15, 0.2) is 30.3 Å². The quantitative estimate of drug-likeness (QED) is 0.660. The van der Waals surface area contributed by atoms with Crippen LogP contribution in [0.4, 0.5) is 25.8 Å². The van der Waals surface area contributed by atoms with Gasteiger partial charge in [-0.25, -0.2) is 8.78 Å². The van der Waals surface area contributed by atoms with Crippen molar-refractivity contribution in [2.75, 3.05) is 30.5 Å². The zero-order chi connectivity index (χ0) is 18.3. The average molecular weight is 345 g/mol. The minimum Gasteiger partial charge on any atom is -0.454 e. The number of benzene rings is 2. The molecule has 1 aliphatic rings. The van der Waals surface area contributed by atoms with E-state index in [-0.39, 0.29) is 28.4 Å². The molecule has 0 fully saturated rings. The van der Waals surface area contributed by atoms with E-state index in [1.807, 2.05) is 0 Å². The largest absolute Gasteiger partial charge is 0.454 e. The Balaban J connectivity index is 2.11. The van der Waals surface area contributed by atoms with Gasteiger partial charge in [0.05, 0.1) is 17.3 Å². The van der Waals surface area contributed by atoms with Gasteiger partial charge >= 0.3 is 0 Å². The predicted molar refractivity (Wildman–Crippen MR) is 93.4 cm³/mol. The molecule has 0 bridgehead atoms. The lowest BCUT2D eigenvalue weighted by atomic mass is 9.94. The third-order valence-electron chi connectivity index (χ3n) is 4.06. The van der Waals surface area contributed by atoms with Gasteiger partial charge in [-0.1, -0.05) is 6.07 Å². The summed E-state index contributed by atoms with van der Waals surface area (Å²) in [4.78, 5) is 12.8. The molecule has 0 spiro atoms. The number of anilines is 3. The Labute approximate surface area is 143 Å². The minimum atomic E-state index is -0.738. The van der Waals surface area contributed by atoms with E-state index in [0.717, 1.165) is 12.1 Å². The number of nitrogens with zero attached hydrogens (tertiary/aromatic N) is 1. The summed E-state index contributed by atoms with van der Waals surface area (Å²) in [6.07, 6.45) is 2.20.